The summed E-state index contributed by atoms with van der Waals surface area (Å²) in [4.78, 5) is 0. The lowest BCUT2D eigenvalue weighted by molar-refractivity contribution is 0.636. The summed E-state index contributed by atoms with van der Waals surface area (Å²) in [6, 6.07) is 10.4. The molecule has 0 amide bonds. The number of halogens is 2. The molecular formula is C13H16Cl2. The highest BCUT2D eigenvalue weighted by molar-refractivity contribution is 6.51. The molecule has 2 unspecified atom stereocenters. The van der Waals surface area contributed by atoms with Gasteiger partial charge in [0.05, 0.1) is 0 Å². The van der Waals surface area contributed by atoms with Gasteiger partial charge in [0.15, 0.2) is 0 Å². The summed E-state index contributed by atoms with van der Waals surface area (Å²) in [5.74, 6) is 0.789. The zero-order valence-electron chi connectivity index (χ0n) is 8.92. The van der Waals surface area contributed by atoms with Gasteiger partial charge in [0, 0.05) is 11.8 Å². The van der Waals surface area contributed by atoms with Crippen molar-refractivity contribution < 1.29 is 0 Å². The SMILES string of the molecule is CCCCC1C(c2ccccc2)C1(Cl)Cl. The Balaban J connectivity index is 2.06. The van der Waals surface area contributed by atoms with Gasteiger partial charge in [0.25, 0.3) is 0 Å². The average Bonchev–Trinajstić information content (AvgIpc) is 2.79. The van der Waals surface area contributed by atoms with E-state index in [-0.39, 0.29) is 0 Å². The maximum atomic E-state index is 6.31. The lowest BCUT2D eigenvalue weighted by Gasteiger charge is -1.98. The van der Waals surface area contributed by atoms with Crippen LogP contribution >= 0.6 is 23.2 Å². The van der Waals surface area contributed by atoms with E-state index in [4.69, 9.17) is 23.2 Å². The van der Waals surface area contributed by atoms with Crippen molar-refractivity contribution in [1.82, 2.24) is 0 Å². The van der Waals surface area contributed by atoms with Crippen molar-refractivity contribution in [2.75, 3.05) is 0 Å². The Labute approximate surface area is 102 Å². The summed E-state index contributed by atoms with van der Waals surface area (Å²) in [5, 5.41) is 0. The van der Waals surface area contributed by atoms with Crippen molar-refractivity contribution in [2.45, 2.75) is 36.4 Å². The molecule has 1 aliphatic rings. The van der Waals surface area contributed by atoms with Crippen molar-refractivity contribution in [3.8, 4) is 0 Å². The zero-order chi connectivity index (χ0) is 10.9. The molecule has 0 spiro atoms. The van der Waals surface area contributed by atoms with Crippen molar-refractivity contribution in [1.29, 1.82) is 0 Å². The van der Waals surface area contributed by atoms with E-state index in [9.17, 15) is 0 Å². The Hall–Kier alpha value is -0.200. The highest BCUT2D eigenvalue weighted by Crippen LogP contribution is 2.66. The molecular weight excluding hydrogens is 227 g/mol. The van der Waals surface area contributed by atoms with Crippen LogP contribution in [0.1, 0.15) is 37.7 Å². The summed E-state index contributed by atoms with van der Waals surface area (Å²) < 4.78 is -0.517. The van der Waals surface area contributed by atoms with Gasteiger partial charge in [-0.1, -0.05) is 50.1 Å². The molecule has 1 aromatic carbocycles. The van der Waals surface area contributed by atoms with Crippen LogP contribution in [0.3, 0.4) is 0 Å². The molecule has 2 heteroatoms. The molecule has 0 N–H and O–H groups in total. The molecule has 0 radical (unpaired) electrons. The molecule has 2 rings (SSSR count). The van der Waals surface area contributed by atoms with E-state index in [0.29, 0.717) is 11.8 Å². The Morgan fingerprint density at radius 1 is 1.20 bits per heavy atom. The molecule has 2 atom stereocenters. The third-order valence-electron chi connectivity index (χ3n) is 3.23. The lowest BCUT2D eigenvalue weighted by atomic mass is 10.1. The van der Waals surface area contributed by atoms with Crippen molar-refractivity contribution in [3.05, 3.63) is 35.9 Å². The average molecular weight is 243 g/mol. The van der Waals surface area contributed by atoms with Gasteiger partial charge in [-0.2, -0.15) is 0 Å². The van der Waals surface area contributed by atoms with Crippen molar-refractivity contribution in [2.24, 2.45) is 5.92 Å². The van der Waals surface area contributed by atoms with E-state index < -0.39 is 4.33 Å². The monoisotopic (exact) mass is 242 g/mol. The molecule has 1 saturated carbocycles. The number of hydrogen-bond acceptors (Lipinski definition) is 0. The summed E-state index contributed by atoms with van der Waals surface area (Å²) in [6.07, 6.45) is 3.57. The fourth-order valence-electron chi connectivity index (χ4n) is 2.29. The molecule has 0 aliphatic heterocycles. The molecule has 1 fully saturated rings. The van der Waals surface area contributed by atoms with Crippen LogP contribution in [0.5, 0.6) is 0 Å². The smallest absolute Gasteiger partial charge is 0.101 e. The maximum Gasteiger partial charge on any atom is 0.129 e. The molecule has 1 aliphatic carbocycles. The normalized spacial score (nSPS) is 27.7. The molecule has 15 heavy (non-hydrogen) atoms. The number of benzene rings is 1. The van der Waals surface area contributed by atoms with Gasteiger partial charge in [-0.15, -0.1) is 23.2 Å². The minimum absolute atomic E-state index is 0.341. The van der Waals surface area contributed by atoms with Crippen molar-refractivity contribution in [3.63, 3.8) is 0 Å². The van der Waals surface area contributed by atoms with Gasteiger partial charge in [0.1, 0.15) is 4.33 Å². The van der Waals surface area contributed by atoms with Crippen LogP contribution in [-0.2, 0) is 0 Å². The first-order valence-corrected chi connectivity index (χ1v) is 6.36. The number of hydrogen-bond donors (Lipinski definition) is 0. The Morgan fingerprint density at radius 3 is 2.47 bits per heavy atom. The van der Waals surface area contributed by atoms with Gasteiger partial charge in [-0.3, -0.25) is 0 Å². The van der Waals surface area contributed by atoms with E-state index in [0.717, 1.165) is 6.42 Å². The number of alkyl halides is 2. The summed E-state index contributed by atoms with van der Waals surface area (Å²) in [7, 11) is 0. The van der Waals surface area contributed by atoms with Crippen LogP contribution in [0.2, 0.25) is 0 Å². The molecule has 1 aromatic rings. The van der Waals surface area contributed by atoms with E-state index in [2.05, 4.69) is 19.1 Å². The van der Waals surface area contributed by atoms with Gasteiger partial charge < -0.3 is 0 Å². The molecule has 0 bridgehead atoms. The first-order chi connectivity index (χ1) is 7.18. The topological polar surface area (TPSA) is 0 Å². The van der Waals surface area contributed by atoms with Gasteiger partial charge in [-0.05, 0) is 12.0 Å². The largest absolute Gasteiger partial charge is 0.129 e. The fraction of sp³-hybridized carbons (Fsp3) is 0.538. The highest BCUT2D eigenvalue weighted by Gasteiger charge is 2.62. The maximum absolute atomic E-state index is 6.31. The predicted octanol–water partition coefficient (Wildman–Crippen LogP) is 4.76. The molecule has 82 valence electrons. The molecule has 0 nitrogen and oxygen atoms in total. The van der Waals surface area contributed by atoms with Crippen LogP contribution in [0.25, 0.3) is 0 Å². The number of unbranched alkanes of at least 4 members (excludes halogenated alkanes) is 1. The Kier molecular flexibility index (Phi) is 3.27. The molecule has 0 aromatic heterocycles. The van der Waals surface area contributed by atoms with E-state index in [1.54, 1.807) is 0 Å². The van der Waals surface area contributed by atoms with Crippen molar-refractivity contribution >= 4 is 23.2 Å². The minimum Gasteiger partial charge on any atom is -0.101 e. The van der Waals surface area contributed by atoms with Crippen LogP contribution in [0.15, 0.2) is 30.3 Å². The third-order valence-corrected chi connectivity index (χ3v) is 4.26. The molecule has 0 saturated heterocycles. The summed E-state index contributed by atoms with van der Waals surface area (Å²) >= 11 is 12.6. The second-order valence-corrected chi connectivity index (χ2v) is 5.76. The molecule has 0 heterocycles. The lowest BCUT2D eigenvalue weighted by Crippen LogP contribution is -1.90. The van der Waals surface area contributed by atoms with Crippen LogP contribution in [0.4, 0.5) is 0 Å². The fourth-order valence-corrected chi connectivity index (χ4v) is 3.19. The third kappa shape index (κ3) is 2.16. The first-order valence-electron chi connectivity index (χ1n) is 5.60. The standard InChI is InChI=1S/C13H16Cl2/c1-2-3-9-11-12(13(11,14)15)10-7-5-4-6-8-10/h4-8,11-12H,2-3,9H2,1H3. The van der Waals surface area contributed by atoms with Gasteiger partial charge in [-0.25, -0.2) is 0 Å². The zero-order valence-corrected chi connectivity index (χ0v) is 10.4. The quantitative estimate of drug-likeness (QED) is 0.668. The summed E-state index contributed by atoms with van der Waals surface area (Å²) in [5.41, 5.74) is 1.28. The minimum atomic E-state index is -0.517. The Bertz CT molecular complexity index is 319. The van der Waals surface area contributed by atoms with E-state index in [1.807, 2.05) is 18.2 Å². The Morgan fingerprint density at radius 2 is 1.87 bits per heavy atom. The van der Waals surface area contributed by atoms with Gasteiger partial charge >= 0.3 is 0 Å². The van der Waals surface area contributed by atoms with Gasteiger partial charge in [0.2, 0.25) is 0 Å². The summed E-state index contributed by atoms with van der Waals surface area (Å²) in [6.45, 7) is 2.20. The highest BCUT2D eigenvalue weighted by atomic mass is 35.5. The second kappa shape index (κ2) is 4.35. The first kappa shape index (κ1) is 11.3. The predicted molar refractivity (Wildman–Crippen MR) is 66.6 cm³/mol. The van der Waals surface area contributed by atoms with Crippen LogP contribution in [-0.4, -0.2) is 4.33 Å². The van der Waals surface area contributed by atoms with Crippen LogP contribution < -0.4 is 0 Å². The van der Waals surface area contributed by atoms with E-state index >= 15 is 0 Å². The number of rotatable bonds is 4. The van der Waals surface area contributed by atoms with E-state index in [1.165, 1.54) is 18.4 Å². The second-order valence-electron chi connectivity index (χ2n) is 4.31. The van der Waals surface area contributed by atoms with Crippen LogP contribution in [0, 0.1) is 5.92 Å².